The SMILES string of the molecule is COC(=O)c1ccc(OCCC(F)(F)F)nc1.O=C(O)c1ccc(OCCC(F)(F)F)nc1. The first-order valence-corrected chi connectivity index (χ1v) is 8.93. The van der Waals surface area contributed by atoms with Crippen molar-refractivity contribution >= 4 is 11.9 Å². The molecule has 0 atom stereocenters. The number of aromatic nitrogens is 2. The molecule has 8 nitrogen and oxygen atoms in total. The topological polar surface area (TPSA) is 108 Å². The lowest BCUT2D eigenvalue weighted by Crippen LogP contribution is -2.13. The minimum atomic E-state index is -4.28. The Morgan fingerprint density at radius 1 is 0.818 bits per heavy atom. The molecule has 2 heterocycles. The number of carbonyl (C=O) groups excluding carboxylic acids is 1. The number of carboxylic acid groups (broad SMARTS) is 1. The van der Waals surface area contributed by atoms with Gasteiger partial charge in [0.25, 0.3) is 0 Å². The molecule has 0 aromatic carbocycles. The summed E-state index contributed by atoms with van der Waals surface area (Å²) in [6.45, 7) is -1.04. The quantitative estimate of drug-likeness (QED) is 0.436. The molecule has 0 fully saturated rings. The predicted molar refractivity (Wildman–Crippen MR) is 99.1 cm³/mol. The molecule has 1 N–H and O–H groups in total. The molecule has 0 radical (unpaired) electrons. The van der Waals surface area contributed by atoms with Crippen molar-refractivity contribution in [3.05, 3.63) is 47.8 Å². The Labute approximate surface area is 183 Å². The number of pyridine rings is 2. The van der Waals surface area contributed by atoms with Gasteiger partial charge in [-0.05, 0) is 12.1 Å². The van der Waals surface area contributed by atoms with Gasteiger partial charge in [-0.2, -0.15) is 26.3 Å². The maximum absolute atomic E-state index is 11.8. The third-order valence-electron chi connectivity index (χ3n) is 3.41. The van der Waals surface area contributed by atoms with Crippen molar-refractivity contribution < 1.29 is 55.2 Å². The number of nitrogens with zero attached hydrogens (tertiary/aromatic N) is 2. The van der Waals surface area contributed by atoms with E-state index in [0.717, 1.165) is 6.20 Å². The van der Waals surface area contributed by atoms with Crippen molar-refractivity contribution in [1.82, 2.24) is 9.97 Å². The fourth-order valence-electron chi connectivity index (χ4n) is 1.84. The van der Waals surface area contributed by atoms with Crippen LogP contribution in [0.5, 0.6) is 11.8 Å². The molecule has 182 valence electrons. The Balaban J connectivity index is 0.000000331. The highest BCUT2D eigenvalue weighted by molar-refractivity contribution is 5.88. The zero-order valence-corrected chi connectivity index (χ0v) is 16.9. The van der Waals surface area contributed by atoms with Gasteiger partial charge >= 0.3 is 24.3 Å². The van der Waals surface area contributed by atoms with Crippen LogP contribution in [0.15, 0.2) is 36.7 Å². The Kier molecular flexibility index (Phi) is 10.4. The highest BCUT2D eigenvalue weighted by Gasteiger charge is 2.27. The summed E-state index contributed by atoms with van der Waals surface area (Å²) < 4.78 is 84.6. The van der Waals surface area contributed by atoms with Crippen LogP contribution in [0.4, 0.5) is 26.3 Å². The van der Waals surface area contributed by atoms with Crippen molar-refractivity contribution in [3.8, 4) is 11.8 Å². The summed E-state index contributed by atoms with van der Waals surface area (Å²) in [6.07, 6.45) is -8.46. The van der Waals surface area contributed by atoms with Crippen LogP contribution >= 0.6 is 0 Å². The number of hydrogen-bond donors (Lipinski definition) is 1. The van der Waals surface area contributed by atoms with Gasteiger partial charge in [-0.1, -0.05) is 0 Å². The van der Waals surface area contributed by atoms with E-state index in [4.69, 9.17) is 14.6 Å². The number of methoxy groups -OCH3 is 1. The van der Waals surface area contributed by atoms with Crippen LogP contribution in [0.2, 0.25) is 0 Å². The van der Waals surface area contributed by atoms with E-state index in [9.17, 15) is 35.9 Å². The van der Waals surface area contributed by atoms with Crippen molar-refractivity contribution in [2.45, 2.75) is 25.2 Å². The number of esters is 1. The van der Waals surface area contributed by atoms with E-state index in [1.807, 2.05) is 0 Å². The van der Waals surface area contributed by atoms with Crippen LogP contribution in [0.1, 0.15) is 33.6 Å². The lowest BCUT2D eigenvalue weighted by atomic mass is 10.3. The smallest absolute Gasteiger partial charge is 0.392 e. The Hall–Kier alpha value is -3.58. The summed E-state index contributed by atoms with van der Waals surface area (Å²) >= 11 is 0. The minimum absolute atomic E-state index is 0.0295. The van der Waals surface area contributed by atoms with Crippen molar-refractivity contribution in [2.24, 2.45) is 0 Å². The molecule has 33 heavy (non-hydrogen) atoms. The average Bonchev–Trinajstić information content (AvgIpc) is 2.73. The summed E-state index contributed by atoms with van der Waals surface area (Å²) in [5, 5.41) is 8.53. The standard InChI is InChI=1S/C10H10F3NO3.C9H8F3NO3/c1-16-9(15)7-2-3-8(14-6-7)17-5-4-10(11,12)13;10-9(11,12)3-4-16-7-2-1-6(5-13-7)8(14)15/h2-3,6H,4-5H2,1H3;1-2,5H,3-4H2,(H,14,15). The maximum atomic E-state index is 11.8. The van der Waals surface area contributed by atoms with E-state index in [2.05, 4.69) is 14.7 Å². The second-order valence-electron chi connectivity index (χ2n) is 5.99. The van der Waals surface area contributed by atoms with Gasteiger partial charge in [-0.25, -0.2) is 19.6 Å². The monoisotopic (exact) mass is 484 g/mol. The normalized spacial score (nSPS) is 11.1. The molecule has 14 heteroatoms. The average molecular weight is 484 g/mol. The molecule has 0 saturated carbocycles. The zero-order valence-electron chi connectivity index (χ0n) is 16.9. The number of alkyl halides is 6. The highest BCUT2D eigenvalue weighted by atomic mass is 19.4. The molecule has 0 aliphatic heterocycles. The molecule has 2 aromatic heterocycles. The molecule has 0 spiro atoms. The van der Waals surface area contributed by atoms with Gasteiger partial charge in [-0.3, -0.25) is 0 Å². The Bertz CT molecular complexity index is 886. The van der Waals surface area contributed by atoms with Crippen LogP contribution < -0.4 is 9.47 Å². The number of carboxylic acids is 1. The van der Waals surface area contributed by atoms with Crippen LogP contribution in [0.25, 0.3) is 0 Å². The van der Waals surface area contributed by atoms with E-state index in [0.29, 0.717) is 0 Å². The van der Waals surface area contributed by atoms with Crippen LogP contribution in [-0.2, 0) is 4.74 Å². The van der Waals surface area contributed by atoms with E-state index in [-0.39, 0.29) is 22.9 Å². The summed E-state index contributed by atoms with van der Waals surface area (Å²) in [7, 11) is 1.22. The van der Waals surface area contributed by atoms with E-state index >= 15 is 0 Å². The molecular weight excluding hydrogens is 466 g/mol. The molecular formula is C19H18F6N2O6. The lowest BCUT2D eigenvalue weighted by molar-refractivity contribution is -0.140. The first-order chi connectivity index (χ1) is 15.3. The molecule has 0 saturated heterocycles. The van der Waals surface area contributed by atoms with Crippen molar-refractivity contribution in [1.29, 1.82) is 0 Å². The van der Waals surface area contributed by atoms with Crippen molar-refractivity contribution in [3.63, 3.8) is 0 Å². The van der Waals surface area contributed by atoms with E-state index < -0.39 is 50.3 Å². The molecule has 0 bridgehead atoms. The van der Waals surface area contributed by atoms with E-state index in [1.54, 1.807) is 0 Å². The zero-order chi connectivity index (χ0) is 25.1. The number of halogens is 6. The minimum Gasteiger partial charge on any atom is -0.478 e. The first kappa shape index (κ1) is 27.5. The third-order valence-corrected chi connectivity index (χ3v) is 3.41. The molecule has 2 aromatic rings. The number of carbonyl (C=O) groups is 2. The molecule has 0 unspecified atom stereocenters. The molecule has 0 aliphatic carbocycles. The first-order valence-electron chi connectivity index (χ1n) is 8.93. The van der Waals surface area contributed by atoms with Crippen LogP contribution in [0, 0.1) is 0 Å². The second-order valence-corrected chi connectivity index (χ2v) is 5.99. The van der Waals surface area contributed by atoms with Gasteiger partial charge in [0.1, 0.15) is 0 Å². The fourth-order valence-corrected chi connectivity index (χ4v) is 1.84. The maximum Gasteiger partial charge on any atom is 0.392 e. The lowest BCUT2D eigenvalue weighted by Gasteiger charge is -2.07. The summed E-state index contributed by atoms with van der Waals surface area (Å²) in [6, 6.07) is 5.09. The summed E-state index contributed by atoms with van der Waals surface area (Å²) in [4.78, 5) is 28.7. The van der Waals surface area contributed by atoms with Gasteiger partial charge in [-0.15, -0.1) is 0 Å². The van der Waals surface area contributed by atoms with Gasteiger partial charge in [0, 0.05) is 24.5 Å². The largest absolute Gasteiger partial charge is 0.478 e. The molecule has 2 rings (SSSR count). The summed E-state index contributed by atoms with van der Waals surface area (Å²) in [5.41, 5.74) is 0.152. The van der Waals surface area contributed by atoms with Crippen LogP contribution in [-0.4, -0.2) is 59.7 Å². The molecule has 0 aliphatic rings. The number of rotatable bonds is 8. The Morgan fingerprint density at radius 2 is 1.24 bits per heavy atom. The van der Waals surface area contributed by atoms with Crippen molar-refractivity contribution in [2.75, 3.05) is 20.3 Å². The fraction of sp³-hybridized carbons (Fsp3) is 0.368. The van der Waals surface area contributed by atoms with Crippen LogP contribution in [0.3, 0.4) is 0 Å². The van der Waals surface area contributed by atoms with Gasteiger partial charge < -0.3 is 19.3 Å². The summed E-state index contributed by atoms with van der Waals surface area (Å²) in [5.74, 6) is -1.73. The van der Waals surface area contributed by atoms with E-state index in [1.165, 1.54) is 37.6 Å². The highest BCUT2D eigenvalue weighted by Crippen LogP contribution is 2.20. The third kappa shape index (κ3) is 12.1. The Morgan fingerprint density at radius 3 is 1.55 bits per heavy atom. The number of ether oxygens (including phenoxy) is 3. The predicted octanol–water partition coefficient (Wildman–Crippen LogP) is 4.31. The van der Waals surface area contributed by atoms with Gasteiger partial charge in [0.05, 0.1) is 44.3 Å². The second kappa shape index (κ2) is 12.5. The number of aromatic carboxylic acids is 1. The molecule has 0 amide bonds. The number of hydrogen-bond acceptors (Lipinski definition) is 7. The van der Waals surface area contributed by atoms with Gasteiger partial charge in [0.15, 0.2) is 0 Å². The van der Waals surface area contributed by atoms with Gasteiger partial charge in [0.2, 0.25) is 11.8 Å².